The van der Waals surface area contributed by atoms with Gasteiger partial charge < -0.3 is 15.0 Å². The summed E-state index contributed by atoms with van der Waals surface area (Å²) in [6.07, 6.45) is 1.67. The van der Waals surface area contributed by atoms with Crippen molar-refractivity contribution in [1.29, 1.82) is 0 Å². The lowest BCUT2D eigenvalue weighted by molar-refractivity contribution is -0.127. The van der Waals surface area contributed by atoms with Gasteiger partial charge in [0.05, 0.1) is 11.1 Å². The van der Waals surface area contributed by atoms with E-state index in [4.69, 9.17) is 27.9 Å². The van der Waals surface area contributed by atoms with Crippen LogP contribution >= 0.6 is 23.2 Å². The number of halogens is 2. The smallest absolute Gasteiger partial charge is 0.255 e. The van der Waals surface area contributed by atoms with Crippen molar-refractivity contribution in [2.24, 2.45) is 5.41 Å². The Balaban J connectivity index is 1.91. The highest BCUT2D eigenvalue weighted by Gasteiger charge is 2.37. The largest absolute Gasteiger partial charge is 0.490 e. The van der Waals surface area contributed by atoms with Crippen molar-refractivity contribution in [2.45, 2.75) is 13.8 Å². The molecular formula is C21H20Cl2N2O3. The molecule has 1 N–H and O–H groups in total. The van der Waals surface area contributed by atoms with Crippen molar-refractivity contribution in [1.82, 2.24) is 0 Å². The summed E-state index contributed by atoms with van der Waals surface area (Å²) in [5, 5.41) is 3.56. The summed E-state index contributed by atoms with van der Waals surface area (Å²) in [6, 6.07) is 9.80. The Morgan fingerprint density at radius 2 is 1.93 bits per heavy atom. The maximum Gasteiger partial charge on any atom is 0.255 e. The zero-order valence-corrected chi connectivity index (χ0v) is 17.1. The van der Waals surface area contributed by atoms with Gasteiger partial charge in [-0.25, -0.2) is 0 Å². The molecule has 0 spiro atoms. The fourth-order valence-corrected chi connectivity index (χ4v) is 3.45. The summed E-state index contributed by atoms with van der Waals surface area (Å²) >= 11 is 11.9. The monoisotopic (exact) mass is 418 g/mol. The fraction of sp³-hybridized carbons (Fsp3) is 0.238. The number of rotatable bonds is 4. The number of hydrogen-bond donors (Lipinski definition) is 1. The van der Waals surface area contributed by atoms with Gasteiger partial charge in [-0.1, -0.05) is 29.3 Å². The summed E-state index contributed by atoms with van der Waals surface area (Å²) in [6.45, 7) is 8.00. The van der Waals surface area contributed by atoms with Crippen LogP contribution in [-0.4, -0.2) is 25.0 Å². The Bertz CT molecular complexity index is 936. The first-order valence-electron chi connectivity index (χ1n) is 8.68. The second-order valence-electron chi connectivity index (χ2n) is 7.17. The predicted molar refractivity (Wildman–Crippen MR) is 113 cm³/mol. The predicted octanol–water partition coefficient (Wildman–Crippen LogP) is 5.18. The van der Waals surface area contributed by atoms with Gasteiger partial charge in [-0.2, -0.15) is 0 Å². The van der Waals surface area contributed by atoms with Crippen LogP contribution in [0.15, 0.2) is 49.1 Å². The van der Waals surface area contributed by atoms with Crippen molar-refractivity contribution in [3.05, 3.63) is 64.7 Å². The van der Waals surface area contributed by atoms with Gasteiger partial charge in [0.15, 0.2) is 0 Å². The molecule has 0 radical (unpaired) electrons. The molecule has 0 saturated carbocycles. The molecule has 1 aliphatic rings. The first-order valence-corrected chi connectivity index (χ1v) is 9.44. The van der Waals surface area contributed by atoms with E-state index in [2.05, 4.69) is 11.9 Å². The second kappa shape index (κ2) is 7.86. The zero-order chi connectivity index (χ0) is 20.5. The van der Waals surface area contributed by atoms with Crippen LogP contribution in [0.5, 0.6) is 5.75 Å². The summed E-state index contributed by atoms with van der Waals surface area (Å²) in [4.78, 5) is 27.0. The van der Waals surface area contributed by atoms with E-state index in [-0.39, 0.29) is 18.4 Å². The van der Waals surface area contributed by atoms with E-state index in [0.29, 0.717) is 39.3 Å². The van der Waals surface area contributed by atoms with E-state index in [0.717, 1.165) is 0 Å². The molecule has 146 valence electrons. The number of nitrogens with one attached hydrogen (secondary N) is 1. The molecule has 1 heterocycles. The van der Waals surface area contributed by atoms with Gasteiger partial charge in [0.2, 0.25) is 5.91 Å². The Morgan fingerprint density at radius 1 is 1.25 bits per heavy atom. The number of hydrogen-bond acceptors (Lipinski definition) is 3. The Morgan fingerprint density at radius 3 is 2.57 bits per heavy atom. The van der Waals surface area contributed by atoms with Crippen LogP contribution in [0.3, 0.4) is 0 Å². The summed E-state index contributed by atoms with van der Waals surface area (Å²) < 4.78 is 5.89. The molecule has 0 fully saturated rings. The molecule has 2 aromatic rings. The van der Waals surface area contributed by atoms with Crippen molar-refractivity contribution < 1.29 is 14.3 Å². The zero-order valence-electron chi connectivity index (χ0n) is 15.6. The first kappa shape index (κ1) is 20.2. The van der Waals surface area contributed by atoms with Crippen molar-refractivity contribution in [2.75, 3.05) is 23.4 Å². The van der Waals surface area contributed by atoms with E-state index < -0.39 is 5.41 Å². The van der Waals surface area contributed by atoms with Gasteiger partial charge in [-0.3, -0.25) is 9.59 Å². The molecule has 2 amide bonds. The third-order valence-corrected chi connectivity index (χ3v) is 4.79. The molecule has 0 aliphatic carbocycles. The summed E-state index contributed by atoms with van der Waals surface area (Å²) in [7, 11) is 0. The number of carbonyl (C=O) groups is 2. The van der Waals surface area contributed by atoms with Crippen molar-refractivity contribution in [3.63, 3.8) is 0 Å². The van der Waals surface area contributed by atoms with Gasteiger partial charge >= 0.3 is 0 Å². The maximum atomic E-state index is 12.8. The molecule has 0 saturated heterocycles. The number of anilines is 2. The molecule has 0 aromatic heterocycles. The highest BCUT2D eigenvalue weighted by atomic mass is 35.5. The number of amides is 2. The number of fused-ring (bicyclic) bond motifs is 1. The molecule has 3 rings (SSSR count). The molecular weight excluding hydrogens is 399 g/mol. The topological polar surface area (TPSA) is 58.6 Å². The quantitative estimate of drug-likeness (QED) is 0.695. The SMILES string of the molecule is C=CCN1C(=O)C(C)(C)COc2cc(NC(=O)c3cc(Cl)cc(Cl)c3)ccc21. The maximum absolute atomic E-state index is 12.8. The van der Waals surface area contributed by atoms with Crippen LogP contribution in [0.25, 0.3) is 0 Å². The molecule has 7 heteroatoms. The molecule has 5 nitrogen and oxygen atoms in total. The minimum Gasteiger partial charge on any atom is -0.490 e. The highest BCUT2D eigenvalue weighted by molar-refractivity contribution is 6.35. The number of nitrogens with zero attached hydrogens (tertiary/aromatic N) is 1. The van der Waals surface area contributed by atoms with Gasteiger partial charge in [-0.15, -0.1) is 6.58 Å². The third-order valence-electron chi connectivity index (χ3n) is 4.36. The molecule has 0 bridgehead atoms. The van der Waals surface area contributed by atoms with Crippen LogP contribution in [0.2, 0.25) is 10.0 Å². The Hall–Kier alpha value is -2.50. The number of carbonyl (C=O) groups excluding carboxylic acids is 2. The normalized spacial score (nSPS) is 15.3. The molecule has 28 heavy (non-hydrogen) atoms. The minimum atomic E-state index is -0.678. The highest BCUT2D eigenvalue weighted by Crippen LogP contribution is 2.38. The van der Waals surface area contributed by atoms with E-state index in [1.165, 1.54) is 12.1 Å². The van der Waals surface area contributed by atoms with E-state index in [1.54, 1.807) is 35.2 Å². The summed E-state index contributed by atoms with van der Waals surface area (Å²) in [5.41, 5.74) is 0.839. The molecule has 1 aliphatic heterocycles. The van der Waals surface area contributed by atoms with E-state index in [9.17, 15) is 9.59 Å². The molecule has 0 atom stereocenters. The lowest BCUT2D eigenvalue weighted by atomic mass is 9.93. The lowest BCUT2D eigenvalue weighted by Gasteiger charge is -2.27. The minimum absolute atomic E-state index is 0.0449. The first-order chi connectivity index (χ1) is 13.2. The number of ether oxygens (including phenoxy) is 1. The fourth-order valence-electron chi connectivity index (χ4n) is 2.92. The number of benzene rings is 2. The van der Waals surface area contributed by atoms with Crippen LogP contribution in [0.1, 0.15) is 24.2 Å². The van der Waals surface area contributed by atoms with Crippen LogP contribution in [0, 0.1) is 5.41 Å². The lowest BCUT2D eigenvalue weighted by Crippen LogP contribution is -2.42. The van der Waals surface area contributed by atoms with E-state index in [1.807, 2.05) is 13.8 Å². The van der Waals surface area contributed by atoms with Crippen LogP contribution < -0.4 is 15.0 Å². The van der Waals surface area contributed by atoms with Gasteiger partial charge in [0.1, 0.15) is 12.4 Å². The Kier molecular flexibility index (Phi) is 5.68. The molecule has 2 aromatic carbocycles. The van der Waals surface area contributed by atoms with Crippen LogP contribution in [-0.2, 0) is 4.79 Å². The summed E-state index contributed by atoms with van der Waals surface area (Å²) in [5.74, 6) is 0.122. The van der Waals surface area contributed by atoms with Gasteiger partial charge in [0.25, 0.3) is 5.91 Å². The average Bonchev–Trinajstić information content (AvgIpc) is 2.71. The standard InChI is InChI=1S/C21H20Cl2N2O3/c1-4-7-25-17-6-5-16(11-18(17)28-12-21(2,3)20(25)27)24-19(26)13-8-14(22)10-15(23)9-13/h4-6,8-11H,1,7,12H2,2-3H3,(H,24,26). The second-order valence-corrected chi connectivity index (χ2v) is 8.04. The Labute approximate surface area is 173 Å². The van der Waals surface area contributed by atoms with Gasteiger partial charge in [0, 0.05) is 33.9 Å². The van der Waals surface area contributed by atoms with Gasteiger partial charge in [-0.05, 0) is 44.2 Å². The van der Waals surface area contributed by atoms with E-state index >= 15 is 0 Å². The van der Waals surface area contributed by atoms with Crippen molar-refractivity contribution in [3.8, 4) is 5.75 Å². The van der Waals surface area contributed by atoms with Crippen molar-refractivity contribution >= 4 is 46.4 Å². The third kappa shape index (κ3) is 4.16. The molecule has 0 unspecified atom stereocenters. The average molecular weight is 419 g/mol. The van der Waals surface area contributed by atoms with Crippen LogP contribution in [0.4, 0.5) is 11.4 Å².